The Morgan fingerprint density at radius 1 is 1.44 bits per heavy atom. The number of hydrogen-bond donors (Lipinski definition) is 3. The first-order valence-electron chi connectivity index (χ1n) is 5.46. The van der Waals surface area contributed by atoms with E-state index in [0.717, 1.165) is 26.2 Å². The van der Waals surface area contributed by atoms with Crippen LogP contribution in [0.4, 0.5) is 0 Å². The minimum atomic E-state index is -0.866. The Hall–Kier alpha value is -0.530. The van der Waals surface area contributed by atoms with Gasteiger partial charge in [0.1, 0.15) is 11.1 Å². The molecule has 0 aliphatic carbocycles. The van der Waals surface area contributed by atoms with Gasteiger partial charge in [-0.2, -0.15) is 0 Å². The van der Waals surface area contributed by atoms with Gasteiger partial charge < -0.3 is 15.5 Å². The first kappa shape index (κ1) is 11.9. The number of nitrogens with one attached hydrogen (secondary N) is 1. The smallest absolute Gasteiger partial charge is 0.133 e. The number of aromatic nitrogens is 1. The molecule has 2 rings (SSSR count). The van der Waals surface area contributed by atoms with E-state index in [1.165, 1.54) is 11.3 Å². The molecule has 0 amide bonds. The molecule has 0 bridgehead atoms. The lowest BCUT2D eigenvalue weighted by atomic mass is 10.2. The molecular formula is C10H17N3O2S. The van der Waals surface area contributed by atoms with Crippen molar-refractivity contribution < 1.29 is 10.2 Å². The molecular weight excluding hydrogens is 226 g/mol. The molecule has 1 aromatic heterocycles. The van der Waals surface area contributed by atoms with E-state index < -0.39 is 12.2 Å². The molecule has 2 unspecified atom stereocenters. The predicted octanol–water partition coefficient (Wildman–Crippen LogP) is -0.557. The molecule has 90 valence electrons. The van der Waals surface area contributed by atoms with Gasteiger partial charge in [-0.05, 0) is 0 Å². The highest BCUT2D eigenvalue weighted by Crippen LogP contribution is 2.19. The van der Waals surface area contributed by atoms with Gasteiger partial charge in [0, 0.05) is 44.3 Å². The van der Waals surface area contributed by atoms with Crippen LogP contribution in [-0.4, -0.2) is 58.9 Å². The van der Waals surface area contributed by atoms with E-state index in [4.69, 9.17) is 0 Å². The molecule has 1 saturated heterocycles. The maximum absolute atomic E-state index is 9.90. The number of aliphatic hydroxyl groups is 2. The zero-order valence-corrected chi connectivity index (χ0v) is 9.86. The van der Waals surface area contributed by atoms with Gasteiger partial charge in [-0.1, -0.05) is 0 Å². The van der Waals surface area contributed by atoms with E-state index >= 15 is 0 Å². The molecule has 3 N–H and O–H groups in total. The zero-order chi connectivity index (χ0) is 11.4. The molecule has 0 spiro atoms. The number of thiazole rings is 1. The van der Waals surface area contributed by atoms with E-state index in [0.29, 0.717) is 11.6 Å². The quantitative estimate of drug-likeness (QED) is 0.661. The first-order valence-corrected chi connectivity index (χ1v) is 6.34. The van der Waals surface area contributed by atoms with Crippen LogP contribution < -0.4 is 5.32 Å². The largest absolute Gasteiger partial charge is 0.389 e. The maximum atomic E-state index is 9.90. The minimum absolute atomic E-state index is 0.502. The van der Waals surface area contributed by atoms with Gasteiger partial charge in [0.05, 0.1) is 6.10 Å². The predicted molar refractivity (Wildman–Crippen MR) is 62.4 cm³/mol. The number of rotatable bonds is 4. The number of aliphatic hydroxyl groups excluding tert-OH is 2. The van der Waals surface area contributed by atoms with Crippen molar-refractivity contribution in [2.24, 2.45) is 0 Å². The second-order valence-electron chi connectivity index (χ2n) is 3.93. The molecule has 16 heavy (non-hydrogen) atoms. The summed E-state index contributed by atoms with van der Waals surface area (Å²) >= 11 is 1.37. The molecule has 1 aromatic rings. The molecule has 2 heterocycles. The molecule has 1 aliphatic heterocycles. The van der Waals surface area contributed by atoms with E-state index in [1.54, 1.807) is 11.6 Å². The monoisotopic (exact) mass is 243 g/mol. The highest BCUT2D eigenvalue weighted by Gasteiger charge is 2.23. The second kappa shape index (κ2) is 5.70. The van der Waals surface area contributed by atoms with E-state index in [-0.39, 0.29) is 0 Å². The number of hydrogen-bond acceptors (Lipinski definition) is 6. The summed E-state index contributed by atoms with van der Waals surface area (Å²) in [5.41, 5.74) is 0. The minimum Gasteiger partial charge on any atom is -0.389 e. The van der Waals surface area contributed by atoms with Crippen LogP contribution in [0.2, 0.25) is 0 Å². The van der Waals surface area contributed by atoms with Crippen molar-refractivity contribution in [3.05, 3.63) is 16.6 Å². The lowest BCUT2D eigenvalue weighted by Gasteiger charge is -2.30. The molecule has 0 radical (unpaired) electrons. The number of piperazine rings is 1. The molecule has 5 nitrogen and oxygen atoms in total. The standard InChI is InChI=1S/C10H17N3O2S/c14-8(7-13-4-1-11-2-5-13)9(15)10-12-3-6-16-10/h3,6,8-9,11,14-15H,1-2,4-5,7H2. The van der Waals surface area contributed by atoms with Gasteiger partial charge in [-0.15, -0.1) is 11.3 Å². The van der Waals surface area contributed by atoms with Gasteiger partial charge in [0.2, 0.25) is 0 Å². The Bertz CT molecular complexity index is 301. The third kappa shape index (κ3) is 2.99. The molecule has 1 fully saturated rings. The summed E-state index contributed by atoms with van der Waals surface area (Å²) in [7, 11) is 0. The van der Waals surface area contributed by atoms with Crippen molar-refractivity contribution in [3.8, 4) is 0 Å². The number of nitrogens with zero attached hydrogens (tertiary/aromatic N) is 2. The Kier molecular flexibility index (Phi) is 4.25. The Morgan fingerprint density at radius 2 is 2.19 bits per heavy atom. The topological polar surface area (TPSA) is 68.6 Å². The van der Waals surface area contributed by atoms with Crippen LogP contribution in [0.3, 0.4) is 0 Å². The van der Waals surface area contributed by atoms with Crippen LogP contribution in [0, 0.1) is 0 Å². The van der Waals surface area contributed by atoms with E-state index in [2.05, 4.69) is 15.2 Å². The summed E-state index contributed by atoms with van der Waals surface area (Å²) in [5.74, 6) is 0. The zero-order valence-electron chi connectivity index (χ0n) is 9.04. The van der Waals surface area contributed by atoms with Crippen molar-refractivity contribution in [1.82, 2.24) is 15.2 Å². The third-order valence-corrected chi connectivity index (χ3v) is 3.57. The van der Waals surface area contributed by atoms with Crippen LogP contribution in [0.15, 0.2) is 11.6 Å². The fourth-order valence-corrected chi connectivity index (χ4v) is 2.48. The average molecular weight is 243 g/mol. The van der Waals surface area contributed by atoms with Crippen molar-refractivity contribution in [3.63, 3.8) is 0 Å². The van der Waals surface area contributed by atoms with Crippen LogP contribution in [0.5, 0.6) is 0 Å². The summed E-state index contributed by atoms with van der Waals surface area (Å²) in [4.78, 5) is 6.16. The lowest BCUT2D eigenvalue weighted by molar-refractivity contribution is -0.00554. The van der Waals surface area contributed by atoms with E-state index in [1.807, 2.05) is 0 Å². The van der Waals surface area contributed by atoms with Gasteiger partial charge in [0.25, 0.3) is 0 Å². The van der Waals surface area contributed by atoms with Gasteiger partial charge in [-0.25, -0.2) is 4.98 Å². The fourth-order valence-electron chi connectivity index (χ4n) is 1.80. The Labute approximate surface area is 98.7 Å². The summed E-state index contributed by atoms with van der Waals surface area (Å²) in [6.45, 7) is 4.23. The fraction of sp³-hybridized carbons (Fsp3) is 0.700. The van der Waals surface area contributed by atoms with Crippen molar-refractivity contribution >= 4 is 11.3 Å². The molecule has 0 aromatic carbocycles. The second-order valence-corrected chi connectivity index (χ2v) is 4.86. The van der Waals surface area contributed by atoms with Crippen molar-refractivity contribution in [1.29, 1.82) is 0 Å². The van der Waals surface area contributed by atoms with E-state index in [9.17, 15) is 10.2 Å². The van der Waals surface area contributed by atoms with Crippen molar-refractivity contribution in [2.45, 2.75) is 12.2 Å². The molecule has 6 heteroatoms. The van der Waals surface area contributed by atoms with Crippen LogP contribution in [-0.2, 0) is 0 Å². The molecule has 1 aliphatic rings. The number of β-amino-alcohol motifs (C(OH)–C–C–N with tert-alkyl or cyclic N) is 1. The van der Waals surface area contributed by atoms with Crippen LogP contribution in [0.25, 0.3) is 0 Å². The SMILES string of the molecule is OC(CN1CCNCC1)C(O)c1nccs1. The normalized spacial score (nSPS) is 21.9. The van der Waals surface area contributed by atoms with Crippen molar-refractivity contribution in [2.75, 3.05) is 32.7 Å². The van der Waals surface area contributed by atoms with Gasteiger partial charge in [-0.3, -0.25) is 4.90 Å². The Balaban J connectivity index is 1.84. The summed E-state index contributed by atoms with van der Waals surface area (Å²) in [6, 6.07) is 0. The first-order chi connectivity index (χ1) is 7.77. The summed E-state index contributed by atoms with van der Waals surface area (Å²) < 4.78 is 0. The van der Waals surface area contributed by atoms with Gasteiger partial charge in [0.15, 0.2) is 0 Å². The average Bonchev–Trinajstić information content (AvgIpc) is 2.83. The lowest BCUT2D eigenvalue weighted by Crippen LogP contribution is -2.47. The summed E-state index contributed by atoms with van der Waals surface area (Å²) in [6.07, 6.45) is 0.0138. The maximum Gasteiger partial charge on any atom is 0.133 e. The summed E-state index contributed by atoms with van der Waals surface area (Å²) in [5, 5.41) is 25.4. The van der Waals surface area contributed by atoms with Crippen LogP contribution in [0.1, 0.15) is 11.1 Å². The van der Waals surface area contributed by atoms with Crippen LogP contribution >= 0.6 is 11.3 Å². The highest BCUT2D eigenvalue weighted by molar-refractivity contribution is 7.09. The van der Waals surface area contributed by atoms with Gasteiger partial charge >= 0.3 is 0 Å². The molecule has 2 atom stereocenters. The molecule has 0 saturated carbocycles. The Morgan fingerprint density at radius 3 is 2.81 bits per heavy atom. The highest BCUT2D eigenvalue weighted by atomic mass is 32.1. The third-order valence-electron chi connectivity index (χ3n) is 2.72.